The van der Waals surface area contributed by atoms with Gasteiger partial charge < -0.3 is 16.2 Å². The van der Waals surface area contributed by atoms with E-state index in [-0.39, 0.29) is 24.4 Å². The number of aliphatic hydroxyl groups excluding tert-OH is 1. The summed E-state index contributed by atoms with van der Waals surface area (Å²) in [6.45, 7) is 0.548. The molecule has 1 heterocycles. The summed E-state index contributed by atoms with van der Waals surface area (Å²) < 4.78 is 28.5. The zero-order chi connectivity index (χ0) is 15.4. The Morgan fingerprint density at radius 3 is 2.81 bits per heavy atom. The number of nitrogens with one attached hydrogen (secondary N) is 1. The van der Waals surface area contributed by atoms with Crippen LogP contribution in [0.3, 0.4) is 0 Å². The minimum atomic E-state index is -0.999. The van der Waals surface area contributed by atoms with Gasteiger partial charge in [-0.3, -0.25) is 9.48 Å². The Bertz CT molecular complexity index is 658. The Kier molecular flexibility index (Phi) is 4.49. The molecule has 0 aliphatic rings. The molecule has 0 unspecified atom stereocenters. The van der Waals surface area contributed by atoms with Crippen molar-refractivity contribution >= 4 is 11.6 Å². The van der Waals surface area contributed by atoms with Gasteiger partial charge in [0.25, 0.3) is 5.91 Å². The fraction of sp³-hybridized carbons (Fsp3) is 0.231. The summed E-state index contributed by atoms with van der Waals surface area (Å²) in [6, 6.07) is 1.64. The van der Waals surface area contributed by atoms with Gasteiger partial charge in [0.05, 0.1) is 30.6 Å². The lowest BCUT2D eigenvalue weighted by molar-refractivity contribution is 0.0996. The SMILES string of the molecule is NC(=O)c1cc(NCc2cnn(CCO)c2)c(F)cc1F. The number of amides is 1. The number of primary amides is 1. The van der Waals surface area contributed by atoms with Crippen molar-refractivity contribution in [1.82, 2.24) is 9.78 Å². The van der Waals surface area contributed by atoms with E-state index in [0.29, 0.717) is 12.6 Å². The van der Waals surface area contributed by atoms with Crippen molar-refractivity contribution < 1.29 is 18.7 Å². The van der Waals surface area contributed by atoms with Gasteiger partial charge in [-0.25, -0.2) is 8.78 Å². The average Bonchev–Trinajstić information content (AvgIpc) is 2.85. The third-order valence-corrected chi connectivity index (χ3v) is 2.82. The zero-order valence-electron chi connectivity index (χ0n) is 11.0. The number of halogens is 2. The van der Waals surface area contributed by atoms with Gasteiger partial charge in [-0.1, -0.05) is 0 Å². The molecule has 0 saturated carbocycles. The number of aliphatic hydroxyl groups is 1. The van der Waals surface area contributed by atoms with Crippen LogP contribution in [0.1, 0.15) is 15.9 Å². The number of nitrogens with two attached hydrogens (primary N) is 1. The number of anilines is 1. The standard InChI is InChI=1S/C13H14F2N4O2/c14-10-4-11(15)12(3-9(10)13(16)21)17-5-8-6-18-19(7-8)1-2-20/h3-4,6-7,17,20H,1-2,5H2,(H2,16,21). The third-order valence-electron chi connectivity index (χ3n) is 2.82. The molecular formula is C13H14F2N4O2. The maximum absolute atomic E-state index is 13.6. The second-order valence-electron chi connectivity index (χ2n) is 4.36. The van der Waals surface area contributed by atoms with Crippen LogP contribution in [0.15, 0.2) is 24.5 Å². The first-order chi connectivity index (χ1) is 10.0. The van der Waals surface area contributed by atoms with Crippen LogP contribution in [0.2, 0.25) is 0 Å². The molecule has 112 valence electrons. The van der Waals surface area contributed by atoms with E-state index < -0.39 is 17.5 Å². The molecule has 0 bridgehead atoms. The highest BCUT2D eigenvalue weighted by Crippen LogP contribution is 2.20. The van der Waals surface area contributed by atoms with E-state index in [1.807, 2.05) is 0 Å². The summed E-state index contributed by atoms with van der Waals surface area (Å²) in [5.41, 5.74) is 5.35. The first-order valence-corrected chi connectivity index (χ1v) is 6.16. The highest BCUT2D eigenvalue weighted by atomic mass is 19.1. The lowest BCUT2D eigenvalue weighted by atomic mass is 10.1. The second-order valence-corrected chi connectivity index (χ2v) is 4.36. The van der Waals surface area contributed by atoms with E-state index in [1.165, 1.54) is 4.68 Å². The van der Waals surface area contributed by atoms with Crippen molar-refractivity contribution in [3.63, 3.8) is 0 Å². The Morgan fingerprint density at radius 2 is 2.14 bits per heavy atom. The van der Waals surface area contributed by atoms with E-state index >= 15 is 0 Å². The number of rotatable bonds is 6. The minimum Gasteiger partial charge on any atom is -0.394 e. The third kappa shape index (κ3) is 3.54. The molecule has 2 aromatic rings. The smallest absolute Gasteiger partial charge is 0.251 e. The molecule has 0 saturated heterocycles. The molecule has 1 aromatic carbocycles. The lowest BCUT2D eigenvalue weighted by Gasteiger charge is -2.08. The number of hydrogen-bond donors (Lipinski definition) is 3. The van der Waals surface area contributed by atoms with Crippen LogP contribution in [0.25, 0.3) is 0 Å². The molecule has 2 rings (SSSR count). The van der Waals surface area contributed by atoms with Gasteiger partial charge in [0, 0.05) is 24.4 Å². The van der Waals surface area contributed by atoms with Gasteiger partial charge in [-0.2, -0.15) is 5.10 Å². The highest BCUT2D eigenvalue weighted by molar-refractivity contribution is 5.94. The Hall–Kier alpha value is -2.48. The summed E-state index contributed by atoms with van der Waals surface area (Å²) in [5, 5.41) is 15.5. The van der Waals surface area contributed by atoms with E-state index in [4.69, 9.17) is 10.8 Å². The van der Waals surface area contributed by atoms with Crippen molar-refractivity contribution in [3.8, 4) is 0 Å². The maximum atomic E-state index is 13.6. The average molecular weight is 296 g/mol. The van der Waals surface area contributed by atoms with Crippen LogP contribution in [-0.4, -0.2) is 27.4 Å². The van der Waals surface area contributed by atoms with Gasteiger partial charge in [0.1, 0.15) is 11.6 Å². The van der Waals surface area contributed by atoms with Crippen LogP contribution < -0.4 is 11.1 Å². The molecule has 1 amide bonds. The molecule has 6 nitrogen and oxygen atoms in total. The number of nitrogens with zero attached hydrogens (tertiary/aromatic N) is 2. The molecular weight excluding hydrogens is 282 g/mol. The molecule has 1 aromatic heterocycles. The highest BCUT2D eigenvalue weighted by Gasteiger charge is 2.13. The molecule has 4 N–H and O–H groups in total. The monoisotopic (exact) mass is 296 g/mol. The minimum absolute atomic E-state index is 0.0277. The molecule has 0 radical (unpaired) electrons. The van der Waals surface area contributed by atoms with E-state index in [0.717, 1.165) is 11.6 Å². The van der Waals surface area contributed by atoms with Crippen LogP contribution in [-0.2, 0) is 13.1 Å². The molecule has 0 aliphatic heterocycles. The predicted octanol–water partition coefficient (Wildman–Crippen LogP) is 0.865. The first kappa shape index (κ1) is 14.9. The predicted molar refractivity (Wildman–Crippen MR) is 71.5 cm³/mol. The van der Waals surface area contributed by atoms with Crippen LogP contribution in [0.4, 0.5) is 14.5 Å². The van der Waals surface area contributed by atoms with Crippen molar-refractivity contribution in [2.24, 2.45) is 5.73 Å². The van der Waals surface area contributed by atoms with Crippen molar-refractivity contribution in [1.29, 1.82) is 0 Å². The van der Waals surface area contributed by atoms with Gasteiger partial charge in [-0.15, -0.1) is 0 Å². The number of hydrogen-bond acceptors (Lipinski definition) is 4. The summed E-state index contributed by atoms with van der Waals surface area (Å²) in [4.78, 5) is 11.0. The van der Waals surface area contributed by atoms with Crippen LogP contribution in [0.5, 0.6) is 0 Å². The van der Waals surface area contributed by atoms with Crippen LogP contribution in [0, 0.1) is 11.6 Å². The molecule has 0 atom stereocenters. The summed E-state index contributed by atoms with van der Waals surface area (Å²) >= 11 is 0. The maximum Gasteiger partial charge on any atom is 0.251 e. The van der Waals surface area contributed by atoms with E-state index in [2.05, 4.69) is 10.4 Å². The number of carbonyl (C=O) groups is 1. The van der Waals surface area contributed by atoms with Gasteiger partial charge >= 0.3 is 0 Å². The normalized spacial score (nSPS) is 10.6. The zero-order valence-corrected chi connectivity index (χ0v) is 11.0. The van der Waals surface area contributed by atoms with Crippen molar-refractivity contribution in [2.45, 2.75) is 13.1 Å². The van der Waals surface area contributed by atoms with Gasteiger partial charge in [-0.05, 0) is 6.07 Å². The van der Waals surface area contributed by atoms with Crippen LogP contribution >= 0.6 is 0 Å². The lowest BCUT2D eigenvalue weighted by Crippen LogP contribution is -2.14. The second kappa shape index (κ2) is 6.31. The van der Waals surface area contributed by atoms with Crippen molar-refractivity contribution in [3.05, 3.63) is 47.3 Å². The summed E-state index contributed by atoms with van der Waals surface area (Å²) in [5.74, 6) is -2.78. The summed E-state index contributed by atoms with van der Waals surface area (Å²) in [7, 11) is 0. The number of aromatic nitrogens is 2. The van der Waals surface area contributed by atoms with Crippen molar-refractivity contribution in [2.75, 3.05) is 11.9 Å². The van der Waals surface area contributed by atoms with E-state index in [9.17, 15) is 13.6 Å². The molecule has 21 heavy (non-hydrogen) atoms. The summed E-state index contributed by atoms with van der Waals surface area (Å²) in [6.07, 6.45) is 3.23. The first-order valence-electron chi connectivity index (χ1n) is 6.16. The molecule has 0 fully saturated rings. The quantitative estimate of drug-likeness (QED) is 0.737. The molecule has 0 spiro atoms. The fourth-order valence-corrected chi connectivity index (χ4v) is 1.79. The molecule has 8 heteroatoms. The Morgan fingerprint density at radius 1 is 1.38 bits per heavy atom. The fourth-order valence-electron chi connectivity index (χ4n) is 1.79. The number of carbonyl (C=O) groups excluding carboxylic acids is 1. The topological polar surface area (TPSA) is 93.2 Å². The van der Waals surface area contributed by atoms with Gasteiger partial charge in [0.15, 0.2) is 0 Å². The largest absolute Gasteiger partial charge is 0.394 e. The van der Waals surface area contributed by atoms with Gasteiger partial charge in [0.2, 0.25) is 0 Å². The Balaban J connectivity index is 2.11. The molecule has 0 aliphatic carbocycles. The Labute approximate surface area is 119 Å². The number of benzene rings is 1. The van der Waals surface area contributed by atoms with E-state index in [1.54, 1.807) is 12.4 Å².